The van der Waals surface area contributed by atoms with E-state index in [2.05, 4.69) is 166 Å². The van der Waals surface area contributed by atoms with Crippen molar-refractivity contribution in [3.05, 3.63) is 245 Å². The van der Waals surface area contributed by atoms with Gasteiger partial charge in [-0.25, -0.2) is 9.69 Å². The standard InChI is InChI=1S/C53H33N3/c1-54-41-21-27-44(28-22-41)56(45-29-23-42(55-2)24-30-45)43-25-17-36(18-26-43)38-20-32-49-51(35-38)53(39-12-5-3-6-13-39,40-14-7-4-8-15-40)50-34-33-47-46-16-10-9-11-37(46)19-31-48(47)52(49)50/h3-35H. The number of hydrogen-bond acceptors (Lipinski definition) is 1. The van der Waals surface area contributed by atoms with Crippen molar-refractivity contribution >= 4 is 50.0 Å². The minimum atomic E-state index is -0.533. The predicted octanol–water partition coefficient (Wildman–Crippen LogP) is 14.6. The van der Waals surface area contributed by atoms with Gasteiger partial charge in [0.25, 0.3) is 0 Å². The highest BCUT2D eigenvalue weighted by Gasteiger charge is 2.46. The number of fused-ring (bicyclic) bond motifs is 7. The molecule has 1 aliphatic carbocycles. The van der Waals surface area contributed by atoms with Gasteiger partial charge in [0.1, 0.15) is 0 Å². The molecule has 0 bridgehead atoms. The summed E-state index contributed by atoms with van der Waals surface area (Å²) in [6.45, 7) is 14.9. The number of hydrogen-bond donors (Lipinski definition) is 0. The van der Waals surface area contributed by atoms with Crippen molar-refractivity contribution in [2.24, 2.45) is 0 Å². The van der Waals surface area contributed by atoms with Gasteiger partial charge in [0.05, 0.1) is 18.6 Å². The van der Waals surface area contributed by atoms with Crippen molar-refractivity contribution in [2.45, 2.75) is 5.41 Å². The van der Waals surface area contributed by atoms with Gasteiger partial charge in [0.2, 0.25) is 0 Å². The third-order valence-electron chi connectivity index (χ3n) is 11.4. The Morgan fingerprint density at radius 3 is 1.50 bits per heavy atom. The van der Waals surface area contributed by atoms with E-state index in [1.165, 1.54) is 54.9 Å². The summed E-state index contributed by atoms with van der Waals surface area (Å²) >= 11 is 0. The number of benzene rings is 9. The predicted molar refractivity (Wildman–Crippen MR) is 231 cm³/mol. The van der Waals surface area contributed by atoms with Crippen LogP contribution in [0.5, 0.6) is 0 Å². The van der Waals surface area contributed by atoms with Crippen LogP contribution < -0.4 is 4.90 Å². The van der Waals surface area contributed by atoms with E-state index in [-0.39, 0.29) is 0 Å². The van der Waals surface area contributed by atoms with Gasteiger partial charge in [-0.1, -0.05) is 158 Å². The molecule has 0 saturated carbocycles. The molecule has 3 heteroatoms. The second-order valence-corrected chi connectivity index (χ2v) is 14.3. The van der Waals surface area contributed by atoms with Crippen LogP contribution in [0.4, 0.5) is 28.4 Å². The topological polar surface area (TPSA) is 12.0 Å². The first-order valence-corrected chi connectivity index (χ1v) is 18.7. The average Bonchev–Trinajstić information content (AvgIpc) is 3.58. The normalized spacial score (nSPS) is 12.4. The van der Waals surface area contributed by atoms with Crippen LogP contribution in [0.15, 0.2) is 200 Å². The van der Waals surface area contributed by atoms with Gasteiger partial charge in [-0.05, 0) is 109 Å². The van der Waals surface area contributed by atoms with Crippen LogP contribution >= 0.6 is 0 Å². The lowest BCUT2D eigenvalue weighted by atomic mass is 9.67. The van der Waals surface area contributed by atoms with Crippen molar-refractivity contribution in [1.82, 2.24) is 0 Å². The van der Waals surface area contributed by atoms with E-state index in [4.69, 9.17) is 13.1 Å². The highest BCUT2D eigenvalue weighted by atomic mass is 15.1. The van der Waals surface area contributed by atoms with Crippen LogP contribution in [0.1, 0.15) is 22.3 Å². The van der Waals surface area contributed by atoms with Gasteiger partial charge in [-0.15, -0.1) is 0 Å². The van der Waals surface area contributed by atoms with E-state index in [9.17, 15) is 0 Å². The van der Waals surface area contributed by atoms with Crippen LogP contribution in [0.3, 0.4) is 0 Å². The Morgan fingerprint density at radius 1 is 0.393 bits per heavy atom. The molecule has 0 unspecified atom stereocenters. The SMILES string of the molecule is [C-]#[N+]c1ccc(N(c2ccc([N+]#[C-])cc2)c2ccc(-c3ccc4c(c3)C(c3ccccc3)(c3ccccc3)c3ccc5c(ccc6ccccc65)c3-4)cc2)cc1. The van der Waals surface area contributed by atoms with Crippen molar-refractivity contribution < 1.29 is 0 Å². The Labute approximate surface area is 326 Å². The van der Waals surface area contributed by atoms with Gasteiger partial charge in [-0.3, -0.25) is 0 Å². The molecule has 0 aliphatic heterocycles. The molecule has 0 fully saturated rings. The van der Waals surface area contributed by atoms with E-state index in [1.807, 2.05) is 48.5 Å². The Balaban J connectivity index is 1.16. The molecule has 0 spiro atoms. The van der Waals surface area contributed by atoms with Gasteiger partial charge < -0.3 is 4.90 Å². The molecule has 0 N–H and O–H groups in total. The number of anilines is 3. The molecule has 9 aromatic rings. The van der Waals surface area contributed by atoms with Crippen LogP contribution in [0, 0.1) is 13.1 Å². The Morgan fingerprint density at radius 2 is 0.911 bits per heavy atom. The first-order valence-electron chi connectivity index (χ1n) is 18.7. The van der Waals surface area contributed by atoms with E-state index in [0.717, 1.165) is 28.2 Å². The Kier molecular flexibility index (Phi) is 7.81. The molecular formula is C53H33N3. The number of nitrogens with zero attached hydrogens (tertiary/aromatic N) is 3. The summed E-state index contributed by atoms with van der Waals surface area (Å²) < 4.78 is 0. The second kappa shape index (κ2) is 13.3. The zero-order chi connectivity index (χ0) is 37.6. The summed E-state index contributed by atoms with van der Waals surface area (Å²) in [5.74, 6) is 0. The fourth-order valence-electron chi connectivity index (χ4n) is 8.86. The summed E-state index contributed by atoms with van der Waals surface area (Å²) in [7, 11) is 0. The van der Waals surface area contributed by atoms with Crippen LogP contribution in [0.25, 0.3) is 53.5 Å². The summed E-state index contributed by atoms with van der Waals surface area (Å²) in [6, 6.07) is 70.9. The summed E-state index contributed by atoms with van der Waals surface area (Å²) in [6.07, 6.45) is 0. The maximum atomic E-state index is 7.45. The third kappa shape index (κ3) is 5.11. The van der Waals surface area contributed by atoms with E-state index >= 15 is 0 Å². The largest absolute Gasteiger partial charge is 0.311 e. The van der Waals surface area contributed by atoms with Gasteiger partial charge in [0.15, 0.2) is 11.4 Å². The smallest absolute Gasteiger partial charge is 0.187 e. The molecule has 1 aliphatic rings. The minimum Gasteiger partial charge on any atom is -0.311 e. The summed E-state index contributed by atoms with van der Waals surface area (Å²) in [5.41, 5.74) is 13.4. The van der Waals surface area contributed by atoms with Crippen molar-refractivity contribution in [3.8, 4) is 22.3 Å². The number of rotatable bonds is 6. The zero-order valence-corrected chi connectivity index (χ0v) is 30.4. The van der Waals surface area contributed by atoms with E-state index in [1.54, 1.807) is 0 Å². The molecule has 3 nitrogen and oxygen atoms in total. The Bertz CT molecular complexity index is 2910. The summed E-state index contributed by atoms with van der Waals surface area (Å²) in [5, 5.41) is 5.04. The lowest BCUT2D eigenvalue weighted by Crippen LogP contribution is -2.28. The van der Waals surface area contributed by atoms with Gasteiger partial charge in [-0.2, -0.15) is 0 Å². The fraction of sp³-hybridized carbons (Fsp3) is 0.0189. The summed E-state index contributed by atoms with van der Waals surface area (Å²) in [4.78, 5) is 9.35. The van der Waals surface area contributed by atoms with Gasteiger partial charge >= 0.3 is 0 Å². The molecule has 0 heterocycles. The third-order valence-corrected chi connectivity index (χ3v) is 11.4. The first-order chi connectivity index (χ1) is 27.7. The maximum Gasteiger partial charge on any atom is 0.187 e. The monoisotopic (exact) mass is 711 g/mol. The van der Waals surface area contributed by atoms with Crippen molar-refractivity contribution in [3.63, 3.8) is 0 Å². The van der Waals surface area contributed by atoms with E-state index in [0.29, 0.717) is 11.4 Å². The highest BCUT2D eigenvalue weighted by molar-refractivity contribution is 6.14. The lowest BCUT2D eigenvalue weighted by Gasteiger charge is -2.34. The quantitative estimate of drug-likeness (QED) is 0.124. The molecule has 260 valence electrons. The maximum absolute atomic E-state index is 7.45. The highest BCUT2D eigenvalue weighted by Crippen LogP contribution is 2.58. The van der Waals surface area contributed by atoms with Gasteiger partial charge in [0, 0.05) is 17.1 Å². The van der Waals surface area contributed by atoms with Crippen LogP contribution in [0.2, 0.25) is 0 Å². The molecule has 0 atom stereocenters. The van der Waals surface area contributed by atoms with Crippen molar-refractivity contribution in [1.29, 1.82) is 0 Å². The molecule has 0 radical (unpaired) electrons. The fourth-order valence-corrected chi connectivity index (χ4v) is 8.86. The molecule has 0 saturated heterocycles. The first kappa shape index (κ1) is 32.9. The molecule has 0 aromatic heterocycles. The Hall–Kier alpha value is -7.72. The minimum absolute atomic E-state index is 0.533. The molecule has 0 amide bonds. The van der Waals surface area contributed by atoms with Crippen molar-refractivity contribution in [2.75, 3.05) is 4.90 Å². The molecule has 9 aromatic carbocycles. The lowest BCUT2D eigenvalue weighted by molar-refractivity contribution is 0.769. The molecule has 10 rings (SSSR count). The van der Waals surface area contributed by atoms with Crippen LogP contribution in [-0.4, -0.2) is 0 Å². The zero-order valence-electron chi connectivity index (χ0n) is 30.4. The molecule has 56 heavy (non-hydrogen) atoms. The second-order valence-electron chi connectivity index (χ2n) is 14.3. The van der Waals surface area contributed by atoms with Crippen LogP contribution in [-0.2, 0) is 5.41 Å². The average molecular weight is 712 g/mol. The molecular weight excluding hydrogens is 679 g/mol. The van der Waals surface area contributed by atoms with E-state index < -0.39 is 5.41 Å².